The van der Waals surface area contributed by atoms with Gasteiger partial charge in [-0.3, -0.25) is 9.78 Å². The fourth-order valence-electron chi connectivity index (χ4n) is 1.04. The molecule has 0 aliphatic carbocycles. The average molecular weight is 190 g/mol. The zero-order valence-corrected chi connectivity index (χ0v) is 7.80. The van der Waals surface area contributed by atoms with Crippen LogP contribution in [0.1, 0.15) is 18.4 Å². The lowest BCUT2D eigenvalue weighted by molar-refractivity contribution is -0.143. The lowest BCUT2D eigenvalue weighted by Gasteiger charge is -2.07. The molecule has 0 bridgehead atoms. The van der Waals surface area contributed by atoms with Crippen LogP contribution < -0.4 is 0 Å². The van der Waals surface area contributed by atoms with Crippen LogP contribution in [0.4, 0.5) is 0 Å². The van der Waals surface area contributed by atoms with Gasteiger partial charge in [-0.2, -0.15) is 5.26 Å². The van der Waals surface area contributed by atoms with Gasteiger partial charge in [0.2, 0.25) is 0 Å². The second-order valence-corrected chi connectivity index (χ2v) is 2.59. The molecule has 1 heterocycles. The summed E-state index contributed by atoms with van der Waals surface area (Å²) in [5, 5.41) is 8.81. The first kappa shape index (κ1) is 10.2. The summed E-state index contributed by atoms with van der Waals surface area (Å²) in [6, 6.07) is 5.16. The number of carbonyl (C=O) groups is 1. The summed E-state index contributed by atoms with van der Waals surface area (Å²) in [6.45, 7) is 1.99. The number of rotatable bonds is 3. The van der Waals surface area contributed by atoms with Gasteiger partial charge in [0.05, 0.1) is 12.7 Å². The van der Waals surface area contributed by atoms with Gasteiger partial charge in [0.15, 0.2) is 5.92 Å². The number of carbonyl (C=O) groups excluding carboxylic acids is 1. The van der Waals surface area contributed by atoms with Crippen molar-refractivity contribution in [1.82, 2.24) is 4.98 Å². The number of hydrogen-bond acceptors (Lipinski definition) is 4. The van der Waals surface area contributed by atoms with Crippen LogP contribution in [0.5, 0.6) is 0 Å². The highest BCUT2D eigenvalue weighted by Gasteiger charge is 2.20. The van der Waals surface area contributed by atoms with Crippen molar-refractivity contribution < 1.29 is 9.53 Å². The van der Waals surface area contributed by atoms with E-state index in [-0.39, 0.29) is 6.61 Å². The third-order valence-electron chi connectivity index (χ3n) is 1.69. The summed E-state index contributed by atoms with van der Waals surface area (Å²) in [5.74, 6) is -1.36. The maximum atomic E-state index is 11.3. The van der Waals surface area contributed by atoms with Crippen LogP contribution in [0.2, 0.25) is 0 Å². The number of hydrogen-bond donors (Lipinski definition) is 0. The first-order valence-corrected chi connectivity index (χ1v) is 4.25. The van der Waals surface area contributed by atoms with Crippen molar-refractivity contribution in [2.45, 2.75) is 12.8 Å². The van der Waals surface area contributed by atoms with Crippen molar-refractivity contribution in [2.75, 3.05) is 6.61 Å². The molecule has 4 heteroatoms. The molecular weight excluding hydrogens is 180 g/mol. The third kappa shape index (κ3) is 2.30. The lowest BCUT2D eigenvalue weighted by atomic mass is 10.0. The molecule has 1 rings (SSSR count). The molecule has 1 aromatic rings. The van der Waals surface area contributed by atoms with E-state index in [0.717, 1.165) is 0 Å². The largest absolute Gasteiger partial charge is 0.465 e. The Morgan fingerprint density at radius 1 is 1.64 bits per heavy atom. The number of aromatic nitrogens is 1. The average Bonchev–Trinajstić information content (AvgIpc) is 2.21. The molecule has 0 N–H and O–H groups in total. The molecule has 4 nitrogen and oxygen atoms in total. The minimum absolute atomic E-state index is 0.280. The molecule has 0 radical (unpaired) electrons. The quantitative estimate of drug-likeness (QED) is 0.673. The molecular formula is C10H10N2O2. The number of nitrogens with zero attached hydrogens (tertiary/aromatic N) is 2. The molecule has 0 aliphatic rings. The molecule has 0 saturated carbocycles. The number of pyridine rings is 1. The van der Waals surface area contributed by atoms with Crippen LogP contribution in [0.15, 0.2) is 24.5 Å². The smallest absolute Gasteiger partial charge is 0.327 e. The first-order valence-electron chi connectivity index (χ1n) is 4.25. The number of ether oxygens (including phenoxy) is 1. The van der Waals surface area contributed by atoms with Crippen molar-refractivity contribution in [3.63, 3.8) is 0 Å². The zero-order chi connectivity index (χ0) is 10.4. The molecule has 0 aromatic carbocycles. The Morgan fingerprint density at radius 2 is 2.29 bits per heavy atom. The maximum absolute atomic E-state index is 11.3. The maximum Gasteiger partial charge on any atom is 0.327 e. The van der Waals surface area contributed by atoms with Crippen molar-refractivity contribution in [3.8, 4) is 6.07 Å². The minimum atomic E-state index is -0.849. The second-order valence-electron chi connectivity index (χ2n) is 2.59. The molecule has 0 spiro atoms. The Hall–Kier alpha value is -1.89. The van der Waals surface area contributed by atoms with Crippen LogP contribution in [0, 0.1) is 11.3 Å². The normalized spacial score (nSPS) is 11.4. The molecule has 1 aromatic heterocycles. The van der Waals surface area contributed by atoms with Crippen LogP contribution in [-0.4, -0.2) is 17.6 Å². The number of nitriles is 1. The molecule has 14 heavy (non-hydrogen) atoms. The highest BCUT2D eigenvalue weighted by atomic mass is 16.5. The van der Waals surface area contributed by atoms with Gasteiger partial charge in [0.25, 0.3) is 0 Å². The molecule has 0 fully saturated rings. The Kier molecular flexibility index (Phi) is 3.62. The van der Waals surface area contributed by atoms with Gasteiger partial charge in [0.1, 0.15) is 0 Å². The van der Waals surface area contributed by atoms with E-state index in [4.69, 9.17) is 10.00 Å². The predicted molar refractivity (Wildman–Crippen MR) is 49.2 cm³/mol. The van der Waals surface area contributed by atoms with Gasteiger partial charge in [-0.15, -0.1) is 0 Å². The Balaban J connectivity index is 2.84. The highest BCUT2D eigenvalue weighted by Crippen LogP contribution is 2.15. The standard InChI is InChI=1S/C10H10N2O2/c1-2-14-10(13)9(7-11)8-3-5-12-6-4-8/h3-6,9H,2H2,1H3. The Morgan fingerprint density at radius 3 is 2.79 bits per heavy atom. The molecule has 1 unspecified atom stereocenters. The summed E-state index contributed by atoms with van der Waals surface area (Å²) in [7, 11) is 0. The van der Waals surface area contributed by atoms with E-state index < -0.39 is 11.9 Å². The minimum Gasteiger partial charge on any atom is -0.465 e. The second kappa shape index (κ2) is 4.97. The fourth-order valence-corrected chi connectivity index (χ4v) is 1.04. The molecule has 1 atom stereocenters. The van der Waals surface area contributed by atoms with Gasteiger partial charge >= 0.3 is 5.97 Å². The van der Waals surface area contributed by atoms with Gasteiger partial charge in [-0.25, -0.2) is 0 Å². The van der Waals surface area contributed by atoms with Crippen molar-refractivity contribution in [3.05, 3.63) is 30.1 Å². The summed E-state index contributed by atoms with van der Waals surface area (Å²) >= 11 is 0. The van der Waals surface area contributed by atoms with Crippen molar-refractivity contribution in [1.29, 1.82) is 5.26 Å². The number of esters is 1. The van der Waals surface area contributed by atoms with Crippen molar-refractivity contribution in [2.24, 2.45) is 0 Å². The molecule has 0 aliphatic heterocycles. The van der Waals surface area contributed by atoms with E-state index in [9.17, 15) is 4.79 Å². The van der Waals surface area contributed by atoms with E-state index in [1.54, 1.807) is 31.5 Å². The SMILES string of the molecule is CCOC(=O)C(C#N)c1ccncc1. The molecule has 0 amide bonds. The topological polar surface area (TPSA) is 63.0 Å². The highest BCUT2D eigenvalue weighted by molar-refractivity contribution is 5.81. The van der Waals surface area contributed by atoms with E-state index in [1.165, 1.54) is 0 Å². The third-order valence-corrected chi connectivity index (χ3v) is 1.69. The van der Waals surface area contributed by atoms with Gasteiger partial charge in [0, 0.05) is 12.4 Å². The Bertz CT molecular complexity index is 343. The van der Waals surface area contributed by atoms with E-state index >= 15 is 0 Å². The van der Waals surface area contributed by atoms with Crippen LogP contribution in [0.25, 0.3) is 0 Å². The van der Waals surface area contributed by atoms with Crippen molar-refractivity contribution >= 4 is 5.97 Å². The van der Waals surface area contributed by atoms with Crippen LogP contribution >= 0.6 is 0 Å². The zero-order valence-electron chi connectivity index (χ0n) is 7.80. The Labute approximate surface area is 82.1 Å². The fraction of sp³-hybridized carbons (Fsp3) is 0.300. The monoisotopic (exact) mass is 190 g/mol. The summed E-state index contributed by atoms with van der Waals surface area (Å²) in [5.41, 5.74) is 0.612. The van der Waals surface area contributed by atoms with E-state index in [1.807, 2.05) is 6.07 Å². The van der Waals surface area contributed by atoms with Crippen LogP contribution in [-0.2, 0) is 9.53 Å². The van der Waals surface area contributed by atoms with Gasteiger partial charge < -0.3 is 4.74 Å². The predicted octanol–water partition coefficient (Wildman–Crippen LogP) is 1.25. The van der Waals surface area contributed by atoms with E-state index in [2.05, 4.69) is 4.98 Å². The summed E-state index contributed by atoms with van der Waals surface area (Å²) < 4.78 is 4.77. The van der Waals surface area contributed by atoms with E-state index in [0.29, 0.717) is 5.56 Å². The van der Waals surface area contributed by atoms with Gasteiger partial charge in [-0.1, -0.05) is 0 Å². The molecule has 0 saturated heterocycles. The summed E-state index contributed by atoms with van der Waals surface area (Å²) in [6.07, 6.45) is 3.08. The summed E-state index contributed by atoms with van der Waals surface area (Å²) in [4.78, 5) is 15.1. The van der Waals surface area contributed by atoms with Crippen LogP contribution in [0.3, 0.4) is 0 Å². The lowest BCUT2D eigenvalue weighted by Crippen LogP contribution is -2.14. The van der Waals surface area contributed by atoms with Gasteiger partial charge in [-0.05, 0) is 24.6 Å². The first-order chi connectivity index (χ1) is 6.79. The molecule has 72 valence electrons.